The highest BCUT2D eigenvalue weighted by molar-refractivity contribution is 7.89. The number of hydrogen-bond acceptors (Lipinski definition) is 4. The SMILES string of the molecule is CCc1ccc(C2CNCCN2C(=O)CN2CCCS2(=O)=O)cc1.Cl. The number of carbonyl (C=O) groups excluding carboxylic acids is 1. The summed E-state index contributed by atoms with van der Waals surface area (Å²) in [6.07, 6.45) is 1.59. The van der Waals surface area contributed by atoms with Crippen molar-refractivity contribution in [2.45, 2.75) is 25.8 Å². The summed E-state index contributed by atoms with van der Waals surface area (Å²) < 4.78 is 25.2. The van der Waals surface area contributed by atoms with E-state index in [9.17, 15) is 13.2 Å². The molecule has 1 aromatic carbocycles. The van der Waals surface area contributed by atoms with E-state index in [4.69, 9.17) is 0 Å². The summed E-state index contributed by atoms with van der Waals surface area (Å²) >= 11 is 0. The summed E-state index contributed by atoms with van der Waals surface area (Å²) in [5.41, 5.74) is 2.36. The molecule has 2 fully saturated rings. The van der Waals surface area contributed by atoms with Crippen molar-refractivity contribution in [3.05, 3.63) is 35.4 Å². The molecule has 2 heterocycles. The van der Waals surface area contributed by atoms with Crippen molar-refractivity contribution in [1.82, 2.24) is 14.5 Å². The number of aryl methyl sites for hydroxylation is 1. The third-order valence-electron chi connectivity index (χ3n) is 4.85. The zero-order valence-electron chi connectivity index (χ0n) is 14.5. The lowest BCUT2D eigenvalue weighted by molar-refractivity contribution is -0.134. The predicted molar refractivity (Wildman–Crippen MR) is 100 cm³/mol. The average Bonchev–Trinajstić information content (AvgIpc) is 2.93. The molecule has 1 amide bonds. The van der Waals surface area contributed by atoms with Crippen LogP contribution in [0.1, 0.15) is 30.5 Å². The summed E-state index contributed by atoms with van der Waals surface area (Å²) in [7, 11) is -3.24. The molecule has 1 aromatic rings. The van der Waals surface area contributed by atoms with Crippen LogP contribution in [0.15, 0.2) is 24.3 Å². The zero-order valence-corrected chi connectivity index (χ0v) is 16.1. The van der Waals surface area contributed by atoms with Crippen LogP contribution in [0.3, 0.4) is 0 Å². The van der Waals surface area contributed by atoms with E-state index < -0.39 is 10.0 Å². The van der Waals surface area contributed by atoms with Crippen molar-refractivity contribution in [3.8, 4) is 0 Å². The predicted octanol–water partition coefficient (Wildman–Crippen LogP) is 1.18. The number of halogens is 1. The molecular weight excluding hydrogens is 362 g/mol. The van der Waals surface area contributed by atoms with Gasteiger partial charge in [-0.15, -0.1) is 12.4 Å². The number of rotatable bonds is 4. The molecule has 1 unspecified atom stereocenters. The second-order valence-corrected chi connectivity index (χ2v) is 8.49. The largest absolute Gasteiger partial charge is 0.332 e. The van der Waals surface area contributed by atoms with Crippen LogP contribution in [0.25, 0.3) is 0 Å². The van der Waals surface area contributed by atoms with Gasteiger partial charge in [-0.1, -0.05) is 31.2 Å². The summed E-state index contributed by atoms with van der Waals surface area (Å²) in [5.74, 6) is 0.0514. The fourth-order valence-corrected chi connectivity index (χ4v) is 4.85. The number of carbonyl (C=O) groups is 1. The van der Waals surface area contributed by atoms with E-state index in [2.05, 4.69) is 36.5 Å². The van der Waals surface area contributed by atoms with Crippen LogP contribution in [0, 0.1) is 0 Å². The Kier molecular flexibility index (Phi) is 6.85. The Morgan fingerprint density at radius 2 is 1.96 bits per heavy atom. The molecule has 8 heteroatoms. The van der Waals surface area contributed by atoms with Gasteiger partial charge in [-0.05, 0) is 24.0 Å². The van der Waals surface area contributed by atoms with E-state index >= 15 is 0 Å². The van der Waals surface area contributed by atoms with Crippen molar-refractivity contribution in [1.29, 1.82) is 0 Å². The Labute approximate surface area is 156 Å². The van der Waals surface area contributed by atoms with E-state index in [1.54, 1.807) is 0 Å². The molecule has 0 radical (unpaired) electrons. The molecule has 140 valence electrons. The lowest BCUT2D eigenvalue weighted by atomic mass is 10.0. The molecule has 1 N–H and O–H groups in total. The van der Waals surface area contributed by atoms with Crippen molar-refractivity contribution >= 4 is 28.3 Å². The third-order valence-corrected chi connectivity index (χ3v) is 6.75. The topological polar surface area (TPSA) is 69.7 Å². The highest BCUT2D eigenvalue weighted by Crippen LogP contribution is 2.24. The van der Waals surface area contributed by atoms with Gasteiger partial charge in [0.1, 0.15) is 0 Å². The third kappa shape index (κ3) is 4.53. The van der Waals surface area contributed by atoms with E-state index in [-0.39, 0.29) is 36.7 Å². The van der Waals surface area contributed by atoms with Gasteiger partial charge in [0, 0.05) is 26.2 Å². The van der Waals surface area contributed by atoms with Gasteiger partial charge in [0.05, 0.1) is 18.3 Å². The van der Waals surface area contributed by atoms with Gasteiger partial charge in [0.15, 0.2) is 0 Å². The molecule has 25 heavy (non-hydrogen) atoms. The number of amides is 1. The first-order valence-corrected chi connectivity index (χ1v) is 10.2. The number of sulfonamides is 1. The molecule has 2 aliphatic heterocycles. The van der Waals surface area contributed by atoms with Crippen molar-refractivity contribution in [2.75, 3.05) is 38.5 Å². The van der Waals surface area contributed by atoms with Gasteiger partial charge in [0.2, 0.25) is 15.9 Å². The Morgan fingerprint density at radius 3 is 2.56 bits per heavy atom. The number of nitrogens with zero attached hydrogens (tertiary/aromatic N) is 2. The summed E-state index contributed by atoms with van der Waals surface area (Å²) in [6, 6.07) is 8.30. The van der Waals surface area contributed by atoms with Crippen LogP contribution in [-0.2, 0) is 21.2 Å². The molecule has 1 atom stereocenters. The minimum absolute atomic E-state index is 0. The Bertz CT molecular complexity index is 694. The fraction of sp³-hybridized carbons (Fsp3) is 0.588. The number of piperazine rings is 1. The maximum atomic E-state index is 12.7. The number of benzene rings is 1. The van der Waals surface area contributed by atoms with Crippen molar-refractivity contribution in [3.63, 3.8) is 0 Å². The second-order valence-electron chi connectivity index (χ2n) is 6.41. The molecule has 3 rings (SSSR count). The highest BCUT2D eigenvalue weighted by atomic mass is 35.5. The summed E-state index contributed by atoms with van der Waals surface area (Å²) in [5, 5.41) is 3.33. The quantitative estimate of drug-likeness (QED) is 0.842. The van der Waals surface area contributed by atoms with Crippen LogP contribution in [0.5, 0.6) is 0 Å². The standard InChI is InChI=1S/C17H25N3O3S.ClH/c1-2-14-4-6-15(7-5-14)16-12-18-8-10-20(16)17(21)13-19-9-3-11-24(19,22)23;/h4-7,16,18H,2-3,8-13H2,1H3;1H. The summed E-state index contributed by atoms with van der Waals surface area (Å²) in [6.45, 7) is 4.57. The van der Waals surface area contributed by atoms with Gasteiger partial charge < -0.3 is 10.2 Å². The molecular formula is C17H26ClN3O3S. The minimum atomic E-state index is -3.24. The molecule has 2 saturated heterocycles. The molecule has 0 saturated carbocycles. The number of hydrogen-bond donors (Lipinski definition) is 1. The van der Waals surface area contributed by atoms with Gasteiger partial charge in [-0.2, -0.15) is 4.31 Å². The van der Waals surface area contributed by atoms with Crippen molar-refractivity contribution in [2.24, 2.45) is 0 Å². The summed E-state index contributed by atoms with van der Waals surface area (Å²) in [4.78, 5) is 14.6. The molecule has 0 bridgehead atoms. The van der Waals surface area contributed by atoms with Gasteiger partial charge in [-0.25, -0.2) is 8.42 Å². The van der Waals surface area contributed by atoms with Crippen LogP contribution < -0.4 is 5.32 Å². The monoisotopic (exact) mass is 387 g/mol. The molecule has 6 nitrogen and oxygen atoms in total. The highest BCUT2D eigenvalue weighted by Gasteiger charge is 2.34. The zero-order chi connectivity index (χ0) is 17.2. The second kappa shape index (κ2) is 8.49. The fourth-order valence-electron chi connectivity index (χ4n) is 3.39. The van der Waals surface area contributed by atoms with E-state index in [0.29, 0.717) is 26.1 Å². The Hall–Kier alpha value is -1.15. The average molecular weight is 388 g/mol. The van der Waals surface area contributed by atoms with Gasteiger partial charge in [0.25, 0.3) is 0 Å². The first-order chi connectivity index (χ1) is 11.5. The maximum absolute atomic E-state index is 12.7. The van der Waals surface area contributed by atoms with Crippen LogP contribution >= 0.6 is 12.4 Å². The van der Waals surface area contributed by atoms with Crippen LogP contribution in [0.2, 0.25) is 0 Å². The van der Waals surface area contributed by atoms with E-state index in [0.717, 1.165) is 18.5 Å². The first kappa shape index (κ1) is 20.2. The van der Waals surface area contributed by atoms with Gasteiger partial charge >= 0.3 is 0 Å². The Morgan fingerprint density at radius 1 is 1.24 bits per heavy atom. The Balaban J connectivity index is 0.00000225. The first-order valence-electron chi connectivity index (χ1n) is 8.58. The molecule has 0 aromatic heterocycles. The van der Waals surface area contributed by atoms with E-state index in [1.165, 1.54) is 9.87 Å². The molecule has 0 aliphatic carbocycles. The van der Waals surface area contributed by atoms with E-state index in [1.807, 2.05) is 4.90 Å². The van der Waals surface area contributed by atoms with Gasteiger partial charge in [-0.3, -0.25) is 4.79 Å². The smallest absolute Gasteiger partial charge is 0.238 e. The normalized spacial score (nSPS) is 23.2. The maximum Gasteiger partial charge on any atom is 0.238 e. The lowest BCUT2D eigenvalue weighted by Crippen LogP contribution is -2.51. The van der Waals surface area contributed by atoms with Crippen LogP contribution in [-0.4, -0.2) is 62.0 Å². The lowest BCUT2D eigenvalue weighted by Gasteiger charge is -2.37. The minimum Gasteiger partial charge on any atom is -0.332 e. The van der Waals surface area contributed by atoms with Crippen molar-refractivity contribution < 1.29 is 13.2 Å². The molecule has 2 aliphatic rings. The van der Waals surface area contributed by atoms with Crippen LogP contribution in [0.4, 0.5) is 0 Å². The molecule has 0 spiro atoms. The number of nitrogens with one attached hydrogen (secondary N) is 1.